The zero-order valence-electron chi connectivity index (χ0n) is 13.5. The maximum atomic E-state index is 12.0. The van der Waals surface area contributed by atoms with Crippen molar-refractivity contribution in [2.24, 2.45) is 5.92 Å². The molecule has 3 N–H and O–H groups in total. The molecule has 2 atom stereocenters. The van der Waals surface area contributed by atoms with Gasteiger partial charge in [0, 0.05) is 32.2 Å². The topological polar surface area (TPSA) is 64.6 Å². The Balaban J connectivity index is 1.34. The largest absolute Gasteiger partial charge is 0.387 e. The molecule has 0 aromatic carbocycles. The Labute approximate surface area is 142 Å². The van der Waals surface area contributed by atoms with Gasteiger partial charge in [0.25, 0.3) is 0 Å². The number of carbonyl (C=O) groups excluding carboxylic acids is 1. The molecule has 0 radical (unpaired) electrons. The van der Waals surface area contributed by atoms with Crippen LogP contribution in [0, 0.1) is 5.92 Å². The van der Waals surface area contributed by atoms with Gasteiger partial charge in [-0.2, -0.15) is 11.3 Å². The van der Waals surface area contributed by atoms with Crippen molar-refractivity contribution in [2.75, 3.05) is 26.2 Å². The van der Waals surface area contributed by atoms with Gasteiger partial charge in [-0.05, 0) is 47.6 Å². The summed E-state index contributed by atoms with van der Waals surface area (Å²) in [5, 5.41) is 19.6. The minimum atomic E-state index is -0.630. The zero-order chi connectivity index (χ0) is 16.1. The van der Waals surface area contributed by atoms with E-state index in [1.807, 2.05) is 16.8 Å². The molecule has 23 heavy (non-hydrogen) atoms. The maximum absolute atomic E-state index is 12.0. The van der Waals surface area contributed by atoms with Crippen molar-refractivity contribution >= 4 is 17.4 Å². The Bertz CT molecular complexity index is 488. The van der Waals surface area contributed by atoms with Crippen molar-refractivity contribution in [3.63, 3.8) is 0 Å². The number of hydrogen-bond donors (Lipinski definition) is 3. The van der Waals surface area contributed by atoms with Crippen LogP contribution in [0.4, 0.5) is 4.79 Å². The highest BCUT2D eigenvalue weighted by Gasteiger charge is 2.26. The van der Waals surface area contributed by atoms with Crippen molar-refractivity contribution in [2.45, 2.75) is 44.2 Å². The fourth-order valence-electron chi connectivity index (χ4n) is 3.68. The third kappa shape index (κ3) is 4.93. The van der Waals surface area contributed by atoms with E-state index < -0.39 is 6.10 Å². The lowest BCUT2D eigenvalue weighted by atomic mass is 10.1. The van der Waals surface area contributed by atoms with Gasteiger partial charge < -0.3 is 20.6 Å². The highest BCUT2D eigenvalue weighted by Crippen LogP contribution is 2.26. The minimum absolute atomic E-state index is 0.174. The van der Waals surface area contributed by atoms with E-state index in [9.17, 15) is 9.90 Å². The maximum Gasteiger partial charge on any atom is 0.315 e. The van der Waals surface area contributed by atoms with Crippen LogP contribution in [0.5, 0.6) is 0 Å². The molecule has 2 amide bonds. The Morgan fingerprint density at radius 3 is 2.96 bits per heavy atom. The third-order valence-electron chi connectivity index (χ3n) is 4.98. The summed E-state index contributed by atoms with van der Waals surface area (Å²) in [4.78, 5) is 14.5. The summed E-state index contributed by atoms with van der Waals surface area (Å²) in [6.07, 6.45) is 5.90. The summed E-state index contributed by atoms with van der Waals surface area (Å²) in [5.41, 5.74) is 0.860. The highest BCUT2D eigenvalue weighted by atomic mass is 32.1. The lowest BCUT2D eigenvalue weighted by Crippen LogP contribution is -2.44. The summed E-state index contributed by atoms with van der Waals surface area (Å²) < 4.78 is 0. The van der Waals surface area contributed by atoms with Crippen LogP contribution in [0.15, 0.2) is 16.8 Å². The average molecular weight is 337 g/mol. The van der Waals surface area contributed by atoms with E-state index in [4.69, 9.17) is 0 Å². The SMILES string of the molecule is O=C(NC[C@@H](O)c1ccsc1)N[C@@H]1CCN(CC2CCCC2)C1. The van der Waals surface area contributed by atoms with Gasteiger partial charge >= 0.3 is 6.03 Å². The zero-order valence-corrected chi connectivity index (χ0v) is 14.4. The number of urea groups is 1. The molecule has 2 aliphatic rings. The van der Waals surface area contributed by atoms with E-state index >= 15 is 0 Å². The second-order valence-corrected chi connectivity index (χ2v) is 7.60. The first-order valence-electron chi connectivity index (χ1n) is 8.67. The van der Waals surface area contributed by atoms with Gasteiger partial charge in [-0.15, -0.1) is 0 Å². The van der Waals surface area contributed by atoms with Crippen LogP contribution in [-0.4, -0.2) is 48.3 Å². The molecule has 6 heteroatoms. The summed E-state index contributed by atoms with van der Waals surface area (Å²) in [6, 6.07) is 1.94. The van der Waals surface area contributed by atoms with Crippen molar-refractivity contribution in [3.05, 3.63) is 22.4 Å². The molecule has 1 saturated carbocycles. The monoisotopic (exact) mass is 337 g/mol. The van der Waals surface area contributed by atoms with Crippen LogP contribution in [0.2, 0.25) is 0 Å². The van der Waals surface area contributed by atoms with Gasteiger partial charge in [0.05, 0.1) is 6.10 Å². The number of likely N-dealkylation sites (tertiary alicyclic amines) is 1. The molecule has 0 spiro atoms. The Kier molecular flexibility index (Phi) is 5.91. The Morgan fingerprint density at radius 1 is 1.39 bits per heavy atom. The fraction of sp³-hybridized carbons (Fsp3) is 0.706. The lowest BCUT2D eigenvalue weighted by molar-refractivity contribution is 0.173. The van der Waals surface area contributed by atoms with Crippen LogP contribution in [0.25, 0.3) is 0 Å². The van der Waals surface area contributed by atoms with E-state index in [1.165, 1.54) is 32.2 Å². The number of nitrogens with one attached hydrogen (secondary N) is 2. The Morgan fingerprint density at radius 2 is 2.22 bits per heavy atom. The van der Waals surface area contributed by atoms with Crippen LogP contribution in [0.1, 0.15) is 43.8 Å². The van der Waals surface area contributed by atoms with Crippen LogP contribution >= 0.6 is 11.3 Å². The molecule has 2 fully saturated rings. The molecule has 1 saturated heterocycles. The first-order valence-corrected chi connectivity index (χ1v) is 9.62. The predicted molar refractivity (Wildman–Crippen MR) is 92.6 cm³/mol. The number of aliphatic hydroxyl groups is 1. The highest BCUT2D eigenvalue weighted by molar-refractivity contribution is 7.07. The normalized spacial score (nSPS) is 24.0. The number of thiophene rings is 1. The number of rotatable bonds is 6. The average Bonchev–Trinajstić information content (AvgIpc) is 3.28. The molecule has 1 aliphatic carbocycles. The fourth-order valence-corrected chi connectivity index (χ4v) is 4.39. The Hall–Kier alpha value is -1.11. The van der Waals surface area contributed by atoms with Crippen LogP contribution in [0.3, 0.4) is 0 Å². The second kappa shape index (κ2) is 8.13. The summed E-state index contributed by atoms with van der Waals surface area (Å²) >= 11 is 1.55. The van der Waals surface area contributed by atoms with E-state index in [0.717, 1.165) is 31.0 Å². The van der Waals surface area contributed by atoms with Crippen molar-refractivity contribution < 1.29 is 9.90 Å². The van der Waals surface area contributed by atoms with Gasteiger partial charge in [-0.25, -0.2) is 4.79 Å². The molecular formula is C17H27N3O2S. The molecule has 1 aromatic rings. The molecule has 5 nitrogen and oxygen atoms in total. The summed E-state index contributed by atoms with van der Waals surface area (Å²) in [5.74, 6) is 0.864. The second-order valence-electron chi connectivity index (χ2n) is 6.82. The van der Waals surface area contributed by atoms with Gasteiger partial charge in [0.2, 0.25) is 0 Å². The molecule has 0 unspecified atom stereocenters. The first-order chi connectivity index (χ1) is 11.2. The van der Waals surface area contributed by atoms with E-state index in [1.54, 1.807) is 11.3 Å². The molecule has 128 valence electrons. The third-order valence-corrected chi connectivity index (χ3v) is 5.68. The lowest BCUT2D eigenvalue weighted by Gasteiger charge is -2.20. The molecule has 2 heterocycles. The smallest absolute Gasteiger partial charge is 0.315 e. The molecule has 1 aliphatic heterocycles. The van der Waals surface area contributed by atoms with Crippen molar-refractivity contribution in [3.8, 4) is 0 Å². The van der Waals surface area contributed by atoms with Crippen molar-refractivity contribution in [1.82, 2.24) is 15.5 Å². The summed E-state index contributed by atoms with van der Waals surface area (Å²) in [7, 11) is 0. The number of carbonyl (C=O) groups is 1. The van der Waals surface area contributed by atoms with Gasteiger partial charge in [0.1, 0.15) is 0 Å². The molecule has 1 aromatic heterocycles. The van der Waals surface area contributed by atoms with Crippen molar-refractivity contribution in [1.29, 1.82) is 0 Å². The first kappa shape index (κ1) is 16.7. The number of nitrogens with zero attached hydrogens (tertiary/aromatic N) is 1. The predicted octanol–water partition coefficient (Wildman–Crippen LogP) is 2.35. The molecule has 3 rings (SSSR count). The van der Waals surface area contributed by atoms with Crippen LogP contribution in [-0.2, 0) is 0 Å². The number of amides is 2. The standard InChI is InChI=1S/C17H27N3O2S/c21-16(14-6-8-23-12-14)9-18-17(22)19-15-5-7-20(11-15)10-13-3-1-2-4-13/h6,8,12-13,15-16,21H,1-5,7,9-11H2,(H2,18,19,22)/t15-,16-/m1/s1. The van der Waals surface area contributed by atoms with E-state index in [2.05, 4.69) is 15.5 Å². The van der Waals surface area contributed by atoms with E-state index in [-0.39, 0.29) is 18.6 Å². The van der Waals surface area contributed by atoms with Gasteiger partial charge in [0.15, 0.2) is 0 Å². The summed E-state index contributed by atoms with van der Waals surface area (Å²) in [6.45, 7) is 3.48. The van der Waals surface area contributed by atoms with Gasteiger partial charge in [-0.1, -0.05) is 12.8 Å². The van der Waals surface area contributed by atoms with Gasteiger partial charge in [-0.3, -0.25) is 0 Å². The number of hydrogen-bond acceptors (Lipinski definition) is 4. The molecular weight excluding hydrogens is 310 g/mol. The number of aliphatic hydroxyl groups excluding tert-OH is 1. The molecule has 0 bridgehead atoms. The minimum Gasteiger partial charge on any atom is -0.387 e. The quantitative estimate of drug-likeness (QED) is 0.746. The van der Waals surface area contributed by atoms with E-state index in [0.29, 0.717) is 0 Å². The van der Waals surface area contributed by atoms with Crippen LogP contribution < -0.4 is 10.6 Å².